The summed E-state index contributed by atoms with van der Waals surface area (Å²) in [7, 11) is -2.07. The number of nitrogens with zero attached hydrogens (tertiary/aromatic N) is 2. The third-order valence-corrected chi connectivity index (χ3v) is 5.52. The highest BCUT2D eigenvalue weighted by molar-refractivity contribution is 7.89. The van der Waals surface area contributed by atoms with Gasteiger partial charge in [-0.3, -0.25) is 10.2 Å². The van der Waals surface area contributed by atoms with Crippen LogP contribution in [-0.4, -0.2) is 42.3 Å². The molecule has 0 unspecified atom stereocenters. The summed E-state index contributed by atoms with van der Waals surface area (Å²) in [6.07, 6.45) is 4.22. The van der Waals surface area contributed by atoms with Crippen LogP contribution in [0.3, 0.4) is 0 Å². The lowest BCUT2D eigenvalue weighted by Crippen LogP contribution is -2.44. The fourth-order valence-electron chi connectivity index (χ4n) is 2.72. The molecule has 11 heteroatoms. The molecule has 0 spiro atoms. The maximum atomic E-state index is 14.3. The Balaban J connectivity index is 1.74. The van der Waals surface area contributed by atoms with E-state index < -0.39 is 33.4 Å². The minimum Gasteiger partial charge on any atom is -0.377 e. The summed E-state index contributed by atoms with van der Waals surface area (Å²) in [4.78, 5) is 18.4. The number of hydrazine groups is 1. The molecule has 1 aromatic carbocycles. The predicted molar refractivity (Wildman–Crippen MR) is 97.0 cm³/mol. The van der Waals surface area contributed by atoms with E-state index in [1.807, 2.05) is 10.3 Å². The number of amides is 1. The lowest BCUT2D eigenvalue weighted by molar-refractivity contribution is 0.0939. The first-order valence-corrected chi connectivity index (χ1v) is 10.2. The monoisotopic (exact) mass is 416 g/mol. The molecule has 1 saturated heterocycles. The fraction of sp³-hybridized carbons (Fsp3) is 0.375. The van der Waals surface area contributed by atoms with Crippen LogP contribution in [0.2, 0.25) is 5.02 Å². The van der Waals surface area contributed by atoms with Gasteiger partial charge in [0.25, 0.3) is 5.91 Å². The number of benzene rings is 1. The molecule has 1 aliphatic heterocycles. The number of aromatic nitrogens is 2. The van der Waals surface area contributed by atoms with Gasteiger partial charge in [-0.2, -0.15) is 0 Å². The number of halogens is 2. The quantitative estimate of drug-likeness (QED) is 0.697. The smallest absolute Gasteiger partial charge is 0.269 e. The molecule has 1 aromatic heterocycles. The molecule has 27 heavy (non-hydrogen) atoms. The molecule has 8 nitrogen and oxygen atoms in total. The molecule has 0 saturated carbocycles. The number of hydrogen-bond donors (Lipinski definition) is 2. The van der Waals surface area contributed by atoms with Crippen molar-refractivity contribution in [3.05, 3.63) is 41.1 Å². The summed E-state index contributed by atoms with van der Waals surface area (Å²) in [6.45, 7) is 0.510. The van der Waals surface area contributed by atoms with Crippen LogP contribution in [0.25, 0.3) is 11.3 Å². The Kier molecular flexibility index (Phi) is 5.80. The molecule has 2 N–H and O–H groups in total. The number of sulfonamides is 1. The third-order valence-electron chi connectivity index (χ3n) is 4.02. The topological polar surface area (TPSA) is 102 Å². The number of hydrogen-bond acceptors (Lipinski definition) is 5. The molecule has 2 aromatic rings. The standard InChI is InChI=1S/C16H18ClFN4O4S/c1-22-7-14(19-9-22)10-5-12(15(18)13(17)6-10)16(23)20-21-27(24,25)8-11-3-2-4-26-11/h5-7,9,11,21H,2-4,8H2,1H3,(H,20,23)/t11-/m0/s1. The first-order chi connectivity index (χ1) is 12.7. The van der Waals surface area contributed by atoms with Gasteiger partial charge >= 0.3 is 0 Å². The van der Waals surface area contributed by atoms with E-state index in [4.69, 9.17) is 16.3 Å². The van der Waals surface area contributed by atoms with E-state index in [1.54, 1.807) is 24.1 Å². The maximum absolute atomic E-state index is 14.3. The minimum absolute atomic E-state index is 0.273. The van der Waals surface area contributed by atoms with Crippen LogP contribution in [0.5, 0.6) is 0 Å². The van der Waals surface area contributed by atoms with E-state index in [2.05, 4.69) is 4.98 Å². The van der Waals surface area contributed by atoms with Gasteiger partial charge in [-0.05, 0) is 25.0 Å². The maximum Gasteiger partial charge on any atom is 0.269 e. The lowest BCUT2D eigenvalue weighted by atomic mass is 10.1. The molecule has 1 atom stereocenters. The number of imidazole rings is 1. The fourth-order valence-corrected chi connectivity index (χ4v) is 4.02. The summed E-state index contributed by atoms with van der Waals surface area (Å²) < 4.78 is 45.3. The second-order valence-electron chi connectivity index (χ2n) is 6.22. The Morgan fingerprint density at radius 1 is 1.48 bits per heavy atom. The van der Waals surface area contributed by atoms with Crippen molar-refractivity contribution in [2.24, 2.45) is 7.05 Å². The van der Waals surface area contributed by atoms with Gasteiger partial charge in [0.05, 0.1) is 34.5 Å². The first kappa shape index (κ1) is 19.7. The Labute approximate surface area is 160 Å². The molecule has 1 amide bonds. The number of carbonyl (C=O) groups excluding carboxylic acids is 1. The Morgan fingerprint density at radius 2 is 2.26 bits per heavy atom. The van der Waals surface area contributed by atoms with Crippen molar-refractivity contribution in [2.75, 3.05) is 12.4 Å². The van der Waals surface area contributed by atoms with Crippen molar-refractivity contribution < 1.29 is 22.3 Å². The van der Waals surface area contributed by atoms with Gasteiger partial charge in [0.1, 0.15) is 0 Å². The summed E-state index contributed by atoms with van der Waals surface area (Å²) in [5.74, 6) is -2.21. The van der Waals surface area contributed by atoms with E-state index in [1.165, 1.54) is 12.1 Å². The molecular formula is C16H18ClFN4O4S. The van der Waals surface area contributed by atoms with Gasteiger partial charge < -0.3 is 9.30 Å². The van der Waals surface area contributed by atoms with E-state index in [-0.39, 0.29) is 10.8 Å². The van der Waals surface area contributed by atoms with Crippen LogP contribution in [-0.2, 0) is 21.8 Å². The van der Waals surface area contributed by atoms with Crippen molar-refractivity contribution >= 4 is 27.5 Å². The third kappa shape index (κ3) is 4.83. The van der Waals surface area contributed by atoms with E-state index in [9.17, 15) is 17.6 Å². The molecule has 146 valence electrons. The van der Waals surface area contributed by atoms with Crippen molar-refractivity contribution in [3.8, 4) is 11.3 Å². The Morgan fingerprint density at radius 3 is 2.89 bits per heavy atom. The van der Waals surface area contributed by atoms with E-state index >= 15 is 0 Å². The van der Waals surface area contributed by atoms with E-state index in [0.29, 0.717) is 24.3 Å². The highest BCUT2D eigenvalue weighted by atomic mass is 35.5. The molecular weight excluding hydrogens is 399 g/mol. The SMILES string of the molecule is Cn1cnc(-c2cc(Cl)c(F)c(C(=O)NNS(=O)(=O)C[C@@H]3CCCO3)c2)c1. The van der Waals surface area contributed by atoms with Crippen molar-refractivity contribution in [1.82, 2.24) is 19.8 Å². The van der Waals surface area contributed by atoms with Gasteiger partial charge in [-0.1, -0.05) is 11.6 Å². The molecule has 1 aliphatic rings. The second-order valence-corrected chi connectivity index (χ2v) is 8.39. The van der Waals surface area contributed by atoms with Crippen LogP contribution in [0, 0.1) is 5.82 Å². The number of ether oxygens (including phenoxy) is 1. The largest absolute Gasteiger partial charge is 0.377 e. The van der Waals surface area contributed by atoms with Gasteiger partial charge in [0.15, 0.2) is 5.82 Å². The van der Waals surface area contributed by atoms with Gasteiger partial charge in [0, 0.05) is 25.4 Å². The summed E-state index contributed by atoms with van der Waals surface area (Å²) in [5, 5.41) is -0.273. The zero-order valence-electron chi connectivity index (χ0n) is 14.4. The highest BCUT2D eigenvalue weighted by Crippen LogP contribution is 2.27. The van der Waals surface area contributed by atoms with E-state index in [0.717, 1.165) is 6.42 Å². The van der Waals surface area contributed by atoms with Crippen molar-refractivity contribution in [3.63, 3.8) is 0 Å². The van der Waals surface area contributed by atoms with Gasteiger partial charge in [-0.25, -0.2) is 17.8 Å². The number of rotatable bonds is 6. The minimum atomic E-state index is -3.83. The van der Waals surface area contributed by atoms with Crippen LogP contribution in [0.1, 0.15) is 23.2 Å². The number of aryl methyl sites for hydroxylation is 1. The molecule has 2 heterocycles. The lowest BCUT2D eigenvalue weighted by Gasteiger charge is -2.13. The van der Waals surface area contributed by atoms with Crippen LogP contribution in [0.15, 0.2) is 24.7 Å². The summed E-state index contributed by atoms with van der Waals surface area (Å²) in [6, 6.07) is 2.60. The van der Waals surface area contributed by atoms with Gasteiger partial charge in [0.2, 0.25) is 10.0 Å². The first-order valence-electron chi connectivity index (χ1n) is 8.14. The molecule has 1 fully saturated rings. The highest BCUT2D eigenvalue weighted by Gasteiger charge is 2.24. The molecule has 0 radical (unpaired) electrons. The van der Waals surface area contributed by atoms with Crippen molar-refractivity contribution in [2.45, 2.75) is 18.9 Å². The summed E-state index contributed by atoms with van der Waals surface area (Å²) >= 11 is 5.88. The van der Waals surface area contributed by atoms with Gasteiger partial charge in [-0.15, -0.1) is 4.83 Å². The molecule has 0 aliphatic carbocycles. The van der Waals surface area contributed by atoms with Crippen LogP contribution >= 0.6 is 11.6 Å². The average molecular weight is 417 g/mol. The number of carbonyl (C=O) groups is 1. The Hall–Kier alpha value is -2.01. The number of nitrogens with one attached hydrogen (secondary N) is 2. The Bertz CT molecular complexity index is 957. The predicted octanol–water partition coefficient (Wildman–Crippen LogP) is 1.62. The molecule has 3 rings (SSSR count). The zero-order chi connectivity index (χ0) is 19.6. The zero-order valence-corrected chi connectivity index (χ0v) is 16.0. The second kappa shape index (κ2) is 7.93. The van der Waals surface area contributed by atoms with Crippen molar-refractivity contribution in [1.29, 1.82) is 0 Å². The normalized spacial score (nSPS) is 17.2. The average Bonchev–Trinajstić information content (AvgIpc) is 3.26. The molecule has 0 bridgehead atoms. The summed E-state index contributed by atoms with van der Waals surface area (Å²) in [5.41, 5.74) is 2.53. The van der Waals surface area contributed by atoms with Crippen LogP contribution in [0.4, 0.5) is 4.39 Å². The van der Waals surface area contributed by atoms with Crippen LogP contribution < -0.4 is 10.3 Å².